The van der Waals surface area contributed by atoms with E-state index in [1.54, 1.807) is 0 Å². The summed E-state index contributed by atoms with van der Waals surface area (Å²) in [4.78, 5) is 0. The first kappa shape index (κ1) is 22.5. The maximum absolute atomic E-state index is 7.13. The molecule has 7 heteroatoms. The molecule has 0 aliphatic heterocycles. The molecule has 0 bridgehead atoms. The third-order valence-corrected chi connectivity index (χ3v) is 0. The van der Waals surface area contributed by atoms with Crippen molar-refractivity contribution in [1.82, 2.24) is 0 Å². The molecule has 0 spiro atoms. The van der Waals surface area contributed by atoms with Crippen LogP contribution in [0, 0.1) is 32.0 Å². The van der Waals surface area contributed by atoms with Crippen LogP contribution >= 0.6 is 0 Å². The van der Waals surface area contributed by atoms with Crippen LogP contribution in [0.5, 0.6) is 0 Å². The topological polar surface area (TPSA) is 71.4 Å². The third kappa shape index (κ3) is 148000. The molecule has 0 aliphatic rings. The molecule has 0 saturated carbocycles. The van der Waals surface area contributed by atoms with Gasteiger partial charge in [-0.15, -0.1) is 0 Å². The summed E-state index contributed by atoms with van der Waals surface area (Å²) >= 11 is 11.1. The fourth-order valence-electron chi connectivity index (χ4n) is 0. The van der Waals surface area contributed by atoms with Gasteiger partial charge in [0.25, 0.3) is 0 Å². The SMILES string of the molecule is N#C[S-].N#C[S-].N#C[S-].[Cd]. The van der Waals surface area contributed by atoms with Crippen molar-refractivity contribution in [3.63, 3.8) is 0 Å². The molecule has 0 atom stereocenters. The van der Waals surface area contributed by atoms with Crippen LogP contribution in [-0.2, 0) is 65.2 Å². The van der Waals surface area contributed by atoms with Gasteiger partial charge in [0.15, 0.2) is 0 Å². The standard InChI is InChI=1S/3CHNS.Cd/c3*2-1-3;/h3*3H;/p-3. The Morgan fingerprint density at radius 1 is 0.700 bits per heavy atom. The van der Waals surface area contributed by atoms with Crippen molar-refractivity contribution in [2.24, 2.45) is 0 Å². The monoisotopic (exact) mass is 288 g/mol. The number of thiocyanates is 3. The van der Waals surface area contributed by atoms with E-state index in [0.717, 1.165) is 0 Å². The predicted octanol–water partition coefficient (Wildman–Crippen LogP) is 0.0406. The van der Waals surface area contributed by atoms with Gasteiger partial charge in [-0.25, -0.2) is 15.8 Å². The van der Waals surface area contributed by atoms with Crippen LogP contribution in [0.2, 0.25) is 0 Å². The van der Waals surface area contributed by atoms with Crippen LogP contribution in [0.15, 0.2) is 0 Å². The molecule has 0 rings (SSSR count). The molecule has 0 aliphatic carbocycles. The van der Waals surface area contributed by atoms with E-state index < -0.39 is 0 Å². The van der Waals surface area contributed by atoms with Crippen molar-refractivity contribution in [3.8, 4) is 16.2 Å². The molecule has 0 radical (unpaired) electrons. The summed E-state index contributed by atoms with van der Waals surface area (Å²) in [7, 11) is 0. The van der Waals surface area contributed by atoms with E-state index in [1.165, 1.54) is 16.2 Å². The minimum atomic E-state index is 0. The Hall–Kier alpha value is 0.0521. The molecule has 0 heterocycles. The van der Waals surface area contributed by atoms with Crippen molar-refractivity contribution >= 4 is 37.9 Å². The van der Waals surface area contributed by atoms with Crippen molar-refractivity contribution < 1.29 is 27.3 Å². The first-order valence-electron chi connectivity index (χ1n) is 1.28. The fourth-order valence-corrected chi connectivity index (χ4v) is 0. The van der Waals surface area contributed by atoms with Crippen molar-refractivity contribution in [2.75, 3.05) is 0 Å². The Kier molecular flexibility index (Phi) is 142. The molecule has 0 unspecified atom stereocenters. The van der Waals surface area contributed by atoms with E-state index in [4.69, 9.17) is 15.8 Å². The largest absolute Gasteiger partial charge is 0.696 e. The number of rotatable bonds is 0. The van der Waals surface area contributed by atoms with Crippen LogP contribution < -0.4 is 0 Å². The van der Waals surface area contributed by atoms with Gasteiger partial charge in [0.05, 0.1) is 0 Å². The van der Waals surface area contributed by atoms with E-state index >= 15 is 0 Å². The number of hydrogen-bond donors (Lipinski definition) is 0. The summed E-state index contributed by atoms with van der Waals surface area (Å²) in [5.41, 5.74) is 0. The molecule has 0 saturated heterocycles. The van der Waals surface area contributed by atoms with E-state index in [0.29, 0.717) is 0 Å². The van der Waals surface area contributed by atoms with Crippen molar-refractivity contribution in [1.29, 1.82) is 15.8 Å². The maximum Gasteiger partial charge on any atom is 0 e. The molecule has 0 amide bonds. The third-order valence-electron chi connectivity index (χ3n) is 0. The molecule has 50 valence electrons. The molecular weight excluding hydrogens is 287 g/mol. The molecular formula is C3CdN3S3-3. The van der Waals surface area contributed by atoms with Crippen LogP contribution in [0.25, 0.3) is 0 Å². The van der Waals surface area contributed by atoms with Crippen LogP contribution in [0.1, 0.15) is 0 Å². The van der Waals surface area contributed by atoms with Gasteiger partial charge in [-0.05, 0) is 0 Å². The van der Waals surface area contributed by atoms with Gasteiger partial charge in [0, 0.05) is 27.3 Å². The van der Waals surface area contributed by atoms with Crippen LogP contribution in [-0.4, -0.2) is 0 Å². The van der Waals surface area contributed by atoms with E-state index in [-0.39, 0.29) is 27.3 Å². The Morgan fingerprint density at radius 3 is 0.700 bits per heavy atom. The molecule has 0 fully saturated rings. The molecule has 10 heavy (non-hydrogen) atoms. The zero-order valence-electron chi connectivity index (χ0n) is 4.77. The molecule has 0 N–H and O–H groups in total. The Balaban J connectivity index is -0.0000000257. The quantitative estimate of drug-likeness (QED) is 0.356. The molecule has 0 aromatic carbocycles. The zero-order valence-corrected chi connectivity index (χ0v) is 11.3. The van der Waals surface area contributed by atoms with Gasteiger partial charge in [-0.2, -0.15) is 0 Å². The Labute approximate surface area is 96.4 Å². The first-order chi connectivity index (χ1) is 4.24. The normalized spacial score (nSPS) is 2.10. The summed E-state index contributed by atoms with van der Waals surface area (Å²) in [6, 6.07) is 0. The van der Waals surface area contributed by atoms with E-state index in [2.05, 4.69) is 37.9 Å². The zero-order chi connectivity index (χ0) is 8.12. The molecule has 3 nitrogen and oxygen atoms in total. The summed E-state index contributed by atoms with van der Waals surface area (Å²) in [6.07, 6.45) is 0. The van der Waals surface area contributed by atoms with Crippen LogP contribution in [0.3, 0.4) is 0 Å². The van der Waals surface area contributed by atoms with E-state index in [9.17, 15) is 0 Å². The van der Waals surface area contributed by atoms with E-state index in [1.807, 2.05) is 0 Å². The number of hydrogen-bond acceptors (Lipinski definition) is 6. The van der Waals surface area contributed by atoms with Gasteiger partial charge >= 0.3 is 0 Å². The molecule has 0 aromatic rings. The molecule has 0 aromatic heterocycles. The van der Waals surface area contributed by atoms with Gasteiger partial charge in [0.2, 0.25) is 0 Å². The second-order valence-corrected chi connectivity index (χ2v) is 0.822. The fraction of sp³-hybridized carbons (Fsp3) is 0. The van der Waals surface area contributed by atoms with Gasteiger partial charge in [-0.3, -0.25) is 0 Å². The Bertz CT molecular complexity index is 112. The number of nitrogens with zero attached hydrogens (tertiary/aromatic N) is 3. The number of nitriles is 3. The average Bonchev–Trinajstić information content (AvgIpc) is 1.70. The summed E-state index contributed by atoms with van der Waals surface area (Å²) in [5.74, 6) is 0. The van der Waals surface area contributed by atoms with Gasteiger partial charge in [0.1, 0.15) is 0 Å². The smallest absolute Gasteiger partial charge is 0 e. The summed E-state index contributed by atoms with van der Waals surface area (Å²) in [6.45, 7) is 0. The second kappa shape index (κ2) is 63.0. The summed E-state index contributed by atoms with van der Waals surface area (Å²) < 4.78 is 0. The van der Waals surface area contributed by atoms with Crippen molar-refractivity contribution in [2.45, 2.75) is 0 Å². The van der Waals surface area contributed by atoms with Gasteiger partial charge < -0.3 is 37.9 Å². The van der Waals surface area contributed by atoms with Crippen molar-refractivity contribution in [3.05, 3.63) is 0 Å². The van der Waals surface area contributed by atoms with Crippen LogP contribution in [0.4, 0.5) is 0 Å². The minimum absolute atomic E-state index is 0. The average molecular weight is 287 g/mol. The minimum Gasteiger partial charge on any atom is -0.696 e. The summed E-state index contributed by atoms with van der Waals surface area (Å²) in [5, 5.41) is 25.4. The first-order valence-corrected chi connectivity index (χ1v) is 2.51. The maximum atomic E-state index is 7.13. The second-order valence-electron chi connectivity index (χ2n) is 0.274. The Morgan fingerprint density at radius 2 is 0.700 bits per heavy atom. The predicted molar refractivity (Wildman–Crippen MR) is 38.9 cm³/mol. The van der Waals surface area contributed by atoms with Gasteiger partial charge in [-0.1, -0.05) is 16.2 Å².